The van der Waals surface area contributed by atoms with E-state index in [0.29, 0.717) is 18.1 Å². The van der Waals surface area contributed by atoms with E-state index in [9.17, 15) is 13.2 Å². The van der Waals surface area contributed by atoms with E-state index in [1.54, 1.807) is 19.2 Å². The summed E-state index contributed by atoms with van der Waals surface area (Å²) < 4.78 is 44.2. The van der Waals surface area contributed by atoms with Crippen LogP contribution in [0.3, 0.4) is 0 Å². The molecule has 11 heteroatoms. The standard InChI is InChI=1S/C22H25F3N6O.HI/c1-15-11-16(2)31(30-15)19-9-5-4-7-17(19)12-28-21(26-3)29-13-18-8-6-10-27-20(18)32-14-22(23,24)25;/h4-11H,12-14H2,1-3H3,(H2,26,28,29);1H. The van der Waals surface area contributed by atoms with Crippen LogP contribution in [0.5, 0.6) is 5.88 Å². The largest absolute Gasteiger partial charge is 0.468 e. The third-order valence-corrected chi connectivity index (χ3v) is 4.57. The molecule has 2 aromatic heterocycles. The Morgan fingerprint density at radius 2 is 1.73 bits per heavy atom. The molecule has 0 unspecified atom stereocenters. The van der Waals surface area contributed by atoms with Crippen LogP contribution in [0.1, 0.15) is 22.5 Å². The van der Waals surface area contributed by atoms with Crippen molar-refractivity contribution in [2.75, 3.05) is 13.7 Å². The zero-order valence-electron chi connectivity index (χ0n) is 18.5. The summed E-state index contributed by atoms with van der Waals surface area (Å²) in [5.74, 6) is 0.418. The molecule has 0 aliphatic rings. The van der Waals surface area contributed by atoms with Crippen LogP contribution in [-0.4, -0.2) is 40.6 Å². The van der Waals surface area contributed by atoms with Crippen LogP contribution in [0.4, 0.5) is 13.2 Å². The summed E-state index contributed by atoms with van der Waals surface area (Å²) in [5, 5.41) is 10.9. The number of ether oxygens (including phenoxy) is 1. The van der Waals surface area contributed by atoms with Crippen molar-refractivity contribution >= 4 is 29.9 Å². The van der Waals surface area contributed by atoms with Crippen LogP contribution in [0, 0.1) is 13.8 Å². The van der Waals surface area contributed by atoms with Gasteiger partial charge in [0.2, 0.25) is 5.88 Å². The second kappa shape index (κ2) is 11.9. The van der Waals surface area contributed by atoms with Crippen molar-refractivity contribution in [1.82, 2.24) is 25.4 Å². The fourth-order valence-electron chi connectivity index (χ4n) is 3.16. The summed E-state index contributed by atoms with van der Waals surface area (Å²) in [6.45, 7) is 3.21. The van der Waals surface area contributed by atoms with E-state index in [4.69, 9.17) is 4.74 Å². The fourth-order valence-corrected chi connectivity index (χ4v) is 3.16. The van der Waals surface area contributed by atoms with E-state index in [1.807, 2.05) is 48.9 Å². The molecular formula is C22H26F3IN6O. The van der Waals surface area contributed by atoms with Crippen molar-refractivity contribution in [1.29, 1.82) is 0 Å². The highest BCUT2D eigenvalue weighted by Crippen LogP contribution is 2.20. The van der Waals surface area contributed by atoms with Gasteiger partial charge in [-0.1, -0.05) is 24.3 Å². The van der Waals surface area contributed by atoms with Gasteiger partial charge in [0.15, 0.2) is 12.6 Å². The predicted octanol–water partition coefficient (Wildman–Crippen LogP) is 4.31. The maximum Gasteiger partial charge on any atom is 0.422 e. The second-order valence-corrected chi connectivity index (χ2v) is 7.12. The quantitative estimate of drug-likeness (QED) is 0.250. The van der Waals surface area contributed by atoms with Gasteiger partial charge in [-0.05, 0) is 37.6 Å². The number of nitrogens with zero attached hydrogens (tertiary/aromatic N) is 4. The number of aliphatic imine (C=N–C) groups is 1. The highest BCUT2D eigenvalue weighted by molar-refractivity contribution is 14.0. The number of aryl methyl sites for hydroxylation is 2. The lowest BCUT2D eigenvalue weighted by Gasteiger charge is -2.16. The minimum absolute atomic E-state index is 0. The Hall–Kier alpha value is -2.83. The van der Waals surface area contributed by atoms with Gasteiger partial charge in [-0.25, -0.2) is 9.67 Å². The number of guanidine groups is 1. The van der Waals surface area contributed by atoms with E-state index >= 15 is 0 Å². The number of benzene rings is 1. The number of nitrogens with one attached hydrogen (secondary N) is 2. The Morgan fingerprint density at radius 3 is 2.36 bits per heavy atom. The second-order valence-electron chi connectivity index (χ2n) is 7.12. The van der Waals surface area contributed by atoms with Crippen molar-refractivity contribution in [3.8, 4) is 11.6 Å². The molecule has 7 nitrogen and oxygen atoms in total. The van der Waals surface area contributed by atoms with Crippen LogP contribution < -0.4 is 15.4 Å². The van der Waals surface area contributed by atoms with Gasteiger partial charge in [-0.15, -0.1) is 24.0 Å². The normalized spacial score (nSPS) is 11.6. The topological polar surface area (TPSA) is 76.4 Å². The van der Waals surface area contributed by atoms with E-state index in [2.05, 4.69) is 25.7 Å². The van der Waals surface area contributed by atoms with Gasteiger partial charge in [-0.3, -0.25) is 4.99 Å². The highest BCUT2D eigenvalue weighted by Gasteiger charge is 2.29. The molecule has 0 saturated carbocycles. The lowest BCUT2D eigenvalue weighted by atomic mass is 10.1. The van der Waals surface area contributed by atoms with Gasteiger partial charge in [0.25, 0.3) is 0 Å². The third-order valence-electron chi connectivity index (χ3n) is 4.57. The van der Waals surface area contributed by atoms with Crippen molar-refractivity contribution in [3.63, 3.8) is 0 Å². The van der Waals surface area contributed by atoms with Gasteiger partial charge >= 0.3 is 6.18 Å². The number of alkyl halides is 3. The zero-order valence-corrected chi connectivity index (χ0v) is 20.8. The molecule has 0 amide bonds. The number of hydrogen-bond acceptors (Lipinski definition) is 4. The first-order valence-electron chi connectivity index (χ1n) is 9.96. The lowest BCUT2D eigenvalue weighted by molar-refractivity contribution is -0.154. The molecule has 0 aliphatic carbocycles. The Morgan fingerprint density at radius 1 is 1.06 bits per heavy atom. The molecule has 2 heterocycles. The number of hydrogen-bond donors (Lipinski definition) is 2. The maximum atomic E-state index is 12.5. The number of para-hydroxylation sites is 1. The number of rotatable bonds is 7. The third kappa shape index (κ3) is 7.62. The van der Waals surface area contributed by atoms with Crippen LogP contribution in [0.25, 0.3) is 5.69 Å². The Labute approximate surface area is 207 Å². The predicted molar refractivity (Wildman–Crippen MR) is 131 cm³/mol. The average molecular weight is 574 g/mol. The van der Waals surface area contributed by atoms with Crippen LogP contribution in [0.2, 0.25) is 0 Å². The lowest BCUT2D eigenvalue weighted by Crippen LogP contribution is -2.36. The summed E-state index contributed by atoms with van der Waals surface area (Å²) in [6.07, 6.45) is -3.04. The molecule has 0 saturated heterocycles. The molecule has 178 valence electrons. The van der Waals surface area contributed by atoms with Gasteiger partial charge in [-0.2, -0.15) is 18.3 Å². The summed E-state index contributed by atoms with van der Waals surface area (Å²) >= 11 is 0. The molecule has 0 bridgehead atoms. The Bertz CT molecular complexity index is 1080. The SMILES string of the molecule is CN=C(NCc1ccccc1-n1nc(C)cc1C)NCc1cccnc1OCC(F)(F)F.I. The van der Waals surface area contributed by atoms with E-state index in [1.165, 1.54) is 6.20 Å². The minimum Gasteiger partial charge on any atom is -0.468 e. The number of halogens is 4. The summed E-state index contributed by atoms with van der Waals surface area (Å²) in [4.78, 5) is 8.09. The molecule has 0 atom stereocenters. The molecule has 1 aromatic carbocycles. The van der Waals surface area contributed by atoms with Gasteiger partial charge in [0, 0.05) is 37.6 Å². The van der Waals surface area contributed by atoms with Crippen molar-refractivity contribution in [2.45, 2.75) is 33.1 Å². The monoisotopic (exact) mass is 574 g/mol. The smallest absolute Gasteiger partial charge is 0.422 e. The summed E-state index contributed by atoms with van der Waals surface area (Å²) in [7, 11) is 1.62. The molecule has 0 aliphatic heterocycles. The first-order chi connectivity index (χ1) is 15.3. The van der Waals surface area contributed by atoms with Crippen LogP contribution in [0.15, 0.2) is 53.7 Å². The average Bonchev–Trinajstić information content (AvgIpc) is 3.10. The first kappa shape index (κ1) is 26.4. The first-order valence-corrected chi connectivity index (χ1v) is 9.96. The van der Waals surface area contributed by atoms with Crippen LogP contribution in [-0.2, 0) is 13.1 Å². The van der Waals surface area contributed by atoms with Crippen LogP contribution >= 0.6 is 24.0 Å². The molecule has 0 radical (unpaired) electrons. The fraction of sp³-hybridized carbons (Fsp3) is 0.318. The summed E-state index contributed by atoms with van der Waals surface area (Å²) in [5.41, 5.74) is 4.42. The molecule has 3 rings (SSSR count). The number of aromatic nitrogens is 3. The van der Waals surface area contributed by atoms with Gasteiger partial charge in [0.05, 0.1) is 11.4 Å². The van der Waals surface area contributed by atoms with Crippen molar-refractivity contribution < 1.29 is 17.9 Å². The molecule has 0 spiro atoms. The molecular weight excluding hydrogens is 548 g/mol. The Balaban J connectivity index is 0.00000385. The molecule has 0 fully saturated rings. The van der Waals surface area contributed by atoms with E-state index < -0.39 is 12.8 Å². The Kier molecular flexibility index (Phi) is 9.50. The summed E-state index contributed by atoms with van der Waals surface area (Å²) in [6, 6.07) is 13.2. The highest BCUT2D eigenvalue weighted by atomic mass is 127. The van der Waals surface area contributed by atoms with Gasteiger partial charge in [0.1, 0.15) is 0 Å². The molecule has 2 N–H and O–H groups in total. The van der Waals surface area contributed by atoms with Crippen molar-refractivity contribution in [3.05, 3.63) is 71.2 Å². The zero-order chi connectivity index (χ0) is 23.1. The van der Waals surface area contributed by atoms with E-state index in [-0.39, 0.29) is 36.4 Å². The maximum absolute atomic E-state index is 12.5. The van der Waals surface area contributed by atoms with E-state index in [0.717, 1.165) is 22.6 Å². The van der Waals surface area contributed by atoms with Crippen molar-refractivity contribution in [2.24, 2.45) is 4.99 Å². The molecule has 33 heavy (non-hydrogen) atoms. The number of pyridine rings is 1. The van der Waals surface area contributed by atoms with Gasteiger partial charge < -0.3 is 15.4 Å². The molecule has 3 aromatic rings. The minimum atomic E-state index is -4.43.